The third-order valence-electron chi connectivity index (χ3n) is 4.70. The maximum absolute atomic E-state index is 12.6. The van der Waals surface area contributed by atoms with Gasteiger partial charge in [0.05, 0.1) is 22.2 Å². The van der Waals surface area contributed by atoms with Crippen LogP contribution in [0.5, 0.6) is 0 Å². The van der Waals surface area contributed by atoms with Gasteiger partial charge in [-0.15, -0.1) is 10.2 Å². The third kappa shape index (κ3) is 5.18. The van der Waals surface area contributed by atoms with Crippen LogP contribution in [-0.4, -0.2) is 34.7 Å². The number of halogens is 1. The van der Waals surface area contributed by atoms with Crippen molar-refractivity contribution in [1.82, 2.24) is 14.8 Å². The molecule has 0 saturated carbocycles. The predicted octanol–water partition coefficient (Wildman–Crippen LogP) is 5.21. The molecule has 4 aromatic rings. The summed E-state index contributed by atoms with van der Waals surface area (Å²) >= 11 is 7.78. The second kappa shape index (κ2) is 9.68. The maximum atomic E-state index is 12.6. The number of benzene rings is 3. The number of thioether (sulfide) groups is 1. The lowest BCUT2D eigenvalue weighted by Crippen LogP contribution is -2.10. The summed E-state index contributed by atoms with van der Waals surface area (Å²) in [7, 11) is -3.35. The summed E-state index contributed by atoms with van der Waals surface area (Å²) in [5.74, 6) is 1.04. The normalized spacial score (nSPS) is 11.5. The molecule has 0 atom stereocenters. The largest absolute Gasteiger partial charge is 0.298 e. The van der Waals surface area contributed by atoms with Crippen molar-refractivity contribution in [3.63, 3.8) is 0 Å². The molecular formula is C23H20ClN3O2S2. The zero-order valence-corrected chi connectivity index (χ0v) is 18.9. The van der Waals surface area contributed by atoms with Gasteiger partial charge in [-0.25, -0.2) is 8.42 Å². The van der Waals surface area contributed by atoms with Crippen molar-refractivity contribution in [2.75, 3.05) is 11.5 Å². The van der Waals surface area contributed by atoms with Crippen molar-refractivity contribution in [2.24, 2.45) is 0 Å². The second-order valence-corrected chi connectivity index (χ2v) is 10.4. The number of hydrogen-bond donors (Lipinski definition) is 0. The average molecular weight is 470 g/mol. The summed E-state index contributed by atoms with van der Waals surface area (Å²) in [4.78, 5) is 0.332. The summed E-state index contributed by atoms with van der Waals surface area (Å²) in [6.45, 7) is 0.558. The molecule has 0 N–H and O–H groups in total. The summed E-state index contributed by atoms with van der Waals surface area (Å²) in [6.07, 6.45) is 0. The van der Waals surface area contributed by atoms with Gasteiger partial charge in [-0.3, -0.25) is 4.57 Å². The first kappa shape index (κ1) is 21.6. The Morgan fingerprint density at radius 3 is 2.19 bits per heavy atom. The molecule has 1 heterocycles. The van der Waals surface area contributed by atoms with Gasteiger partial charge in [0.25, 0.3) is 0 Å². The highest BCUT2D eigenvalue weighted by atomic mass is 35.5. The Labute approximate surface area is 191 Å². The van der Waals surface area contributed by atoms with Crippen molar-refractivity contribution in [3.8, 4) is 11.4 Å². The fourth-order valence-electron chi connectivity index (χ4n) is 3.13. The van der Waals surface area contributed by atoms with Gasteiger partial charge in [-0.1, -0.05) is 84.0 Å². The first-order valence-electron chi connectivity index (χ1n) is 9.67. The zero-order chi connectivity index (χ0) is 21.7. The lowest BCUT2D eigenvalue weighted by Gasteiger charge is -2.11. The van der Waals surface area contributed by atoms with Crippen LogP contribution in [0.1, 0.15) is 5.56 Å². The number of nitrogens with zero attached hydrogens (tertiary/aromatic N) is 3. The standard InChI is InChI=1S/C23H20ClN3O2S2/c24-21-14-8-7-13-20(21)22-25-26-23(27(22)17-18-9-3-1-4-10-18)30-15-16-31(28,29)19-11-5-2-6-12-19/h1-14H,15-17H2. The first-order valence-corrected chi connectivity index (χ1v) is 12.7. The molecule has 0 unspecified atom stereocenters. The van der Waals surface area contributed by atoms with E-state index in [0.29, 0.717) is 33.2 Å². The molecule has 0 amide bonds. The van der Waals surface area contributed by atoms with E-state index >= 15 is 0 Å². The van der Waals surface area contributed by atoms with E-state index in [9.17, 15) is 8.42 Å². The summed E-state index contributed by atoms with van der Waals surface area (Å²) in [5.41, 5.74) is 1.88. The molecule has 3 aromatic carbocycles. The van der Waals surface area contributed by atoms with Gasteiger partial charge in [0.15, 0.2) is 20.8 Å². The van der Waals surface area contributed by atoms with Crippen LogP contribution in [0.4, 0.5) is 0 Å². The first-order chi connectivity index (χ1) is 15.0. The molecule has 5 nitrogen and oxygen atoms in total. The van der Waals surface area contributed by atoms with E-state index in [0.717, 1.165) is 11.1 Å². The fourth-order valence-corrected chi connectivity index (χ4v) is 5.96. The number of aromatic nitrogens is 3. The minimum absolute atomic E-state index is 0.0152. The van der Waals surface area contributed by atoms with E-state index < -0.39 is 9.84 Å². The zero-order valence-electron chi connectivity index (χ0n) is 16.6. The molecule has 0 spiro atoms. The molecule has 0 saturated heterocycles. The monoisotopic (exact) mass is 469 g/mol. The van der Waals surface area contributed by atoms with Gasteiger partial charge in [0.1, 0.15) is 0 Å². The summed E-state index contributed by atoms with van der Waals surface area (Å²) in [6, 6.07) is 26.0. The van der Waals surface area contributed by atoms with Crippen molar-refractivity contribution in [3.05, 3.63) is 95.5 Å². The molecule has 0 aliphatic carbocycles. The van der Waals surface area contributed by atoms with Crippen molar-refractivity contribution in [2.45, 2.75) is 16.6 Å². The van der Waals surface area contributed by atoms with Crippen LogP contribution in [0.25, 0.3) is 11.4 Å². The lowest BCUT2D eigenvalue weighted by molar-refractivity contribution is 0.597. The van der Waals surface area contributed by atoms with Crippen LogP contribution >= 0.6 is 23.4 Å². The van der Waals surface area contributed by atoms with Gasteiger partial charge in [-0.05, 0) is 29.8 Å². The molecule has 1 aromatic heterocycles. The van der Waals surface area contributed by atoms with Gasteiger partial charge in [0, 0.05) is 11.3 Å². The van der Waals surface area contributed by atoms with Crippen LogP contribution in [-0.2, 0) is 16.4 Å². The maximum Gasteiger partial charge on any atom is 0.191 e. The van der Waals surface area contributed by atoms with E-state index in [1.165, 1.54) is 11.8 Å². The van der Waals surface area contributed by atoms with E-state index in [1.54, 1.807) is 30.3 Å². The SMILES string of the molecule is O=S(=O)(CCSc1nnc(-c2ccccc2Cl)n1Cc1ccccc1)c1ccccc1. The van der Waals surface area contributed by atoms with Gasteiger partial charge >= 0.3 is 0 Å². The molecule has 0 aliphatic rings. The highest BCUT2D eigenvalue weighted by Crippen LogP contribution is 2.30. The summed E-state index contributed by atoms with van der Waals surface area (Å²) in [5, 5.41) is 9.96. The lowest BCUT2D eigenvalue weighted by atomic mass is 10.2. The van der Waals surface area contributed by atoms with Crippen LogP contribution < -0.4 is 0 Å². The van der Waals surface area contributed by atoms with Crippen molar-refractivity contribution >= 4 is 33.2 Å². The minimum atomic E-state index is -3.35. The summed E-state index contributed by atoms with van der Waals surface area (Å²) < 4.78 is 27.2. The molecule has 8 heteroatoms. The molecule has 0 aliphatic heterocycles. The highest BCUT2D eigenvalue weighted by molar-refractivity contribution is 8.00. The van der Waals surface area contributed by atoms with E-state index in [4.69, 9.17) is 11.6 Å². The second-order valence-electron chi connectivity index (χ2n) is 6.84. The quantitative estimate of drug-likeness (QED) is 0.331. The Balaban J connectivity index is 1.59. The van der Waals surface area contributed by atoms with Crippen LogP contribution in [0.15, 0.2) is 95.0 Å². The Hall–Kier alpha value is -2.61. The highest BCUT2D eigenvalue weighted by Gasteiger charge is 2.19. The van der Waals surface area contributed by atoms with E-state index in [-0.39, 0.29) is 5.75 Å². The third-order valence-corrected chi connectivity index (χ3v) is 7.99. The van der Waals surface area contributed by atoms with E-state index in [2.05, 4.69) is 10.2 Å². The number of rotatable bonds is 8. The Morgan fingerprint density at radius 2 is 1.48 bits per heavy atom. The van der Waals surface area contributed by atoms with Crippen molar-refractivity contribution < 1.29 is 8.42 Å². The van der Waals surface area contributed by atoms with Crippen LogP contribution in [0, 0.1) is 0 Å². The number of hydrogen-bond acceptors (Lipinski definition) is 5. The smallest absolute Gasteiger partial charge is 0.191 e. The van der Waals surface area contributed by atoms with E-state index in [1.807, 2.05) is 59.2 Å². The molecule has 158 valence electrons. The predicted molar refractivity (Wildman–Crippen MR) is 125 cm³/mol. The molecule has 4 rings (SSSR count). The van der Waals surface area contributed by atoms with Crippen LogP contribution in [0.2, 0.25) is 5.02 Å². The van der Waals surface area contributed by atoms with Gasteiger partial charge < -0.3 is 0 Å². The fraction of sp³-hybridized carbons (Fsp3) is 0.130. The van der Waals surface area contributed by atoms with Gasteiger partial charge in [-0.2, -0.15) is 0 Å². The molecule has 31 heavy (non-hydrogen) atoms. The molecule has 0 bridgehead atoms. The van der Waals surface area contributed by atoms with Gasteiger partial charge in [0.2, 0.25) is 0 Å². The van der Waals surface area contributed by atoms with Crippen molar-refractivity contribution in [1.29, 1.82) is 0 Å². The molecule has 0 radical (unpaired) electrons. The van der Waals surface area contributed by atoms with Crippen LogP contribution in [0.3, 0.4) is 0 Å². The average Bonchev–Trinajstić information content (AvgIpc) is 3.17. The Bertz CT molecular complexity index is 1260. The topological polar surface area (TPSA) is 64.8 Å². The molecular weight excluding hydrogens is 450 g/mol. The minimum Gasteiger partial charge on any atom is -0.298 e. The number of sulfone groups is 1. The molecule has 0 fully saturated rings. The Morgan fingerprint density at radius 1 is 0.839 bits per heavy atom. The Kier molecular flexibility index (Phi) is 6.75.